The molecule has 0 saturated carbocycles. The van der Waals surface area contributed by atoms with Crippen LogP contribution in [0.1, 0.15) is 33.6 Å². The van der Waals surface area contributed by atoms with Crippen molar-refractivity contribution in [2.45, 2.75) is 39.7 Å². The van der Waals surface area contributed by atoms with Crippen molar-refractivity contribution >= 4 is 0 Å². The van der Waals surface area contributed by atoms with Crippen LogP contribution in [0.25, 0.3) is 0 Å². The Balaban J connectivity index is 3.10. The van der Waals surface area contributed by atoms with Gasteiger partial charge in [0, 0.05) is 0 Å². The third-order valence-electron chi connectivity index (χ3n) is 1.21. The van der Waals surface area contributed by atoms with Crippen molar-refractivity contribution in [1.82, 2.24) is 0 Å². The summed E-state index contributed by atoms with van der Waals surface area (Å²) in [4.78, 5) is 0. The van der Waals surface area contributed by atoms with Crippen LogP contribution >= 0.6 is 0 Å². The van der Waals surface area contributed by atoms with Crippen molar-refractivity contribution in [3.63, 3.8) is 0 Å². The van der Waals surface area contributed by atoms with E-state index in [0.29, 0.717) is 5.92 Å². The lowest BCUT2D eigenvalue weighted by molar-refractivity contribution is 0.145. The molecule has 0 radical (unpaired) electrons. The zero-order valence-corrected chi connectivity index (χ0v) is 6.02. The number of hydrogen-bond donors (Lipinski definition) is 1. The molecule has 0 saturated heterocycles. The summed E-state index contributed by atoms with van der Waals surface area (Å²) in [6, 6.07) is 0. The molecule has 0 fully saturated rings. The topological polar surface area (TPSA) is 20.2 Å². The molecule has 0 aliphatic carbocycles. The van der Waals surface area contributed by atoms with Crippen LogP contribution in [0.5, 0.6) is 0 Å². The Bertz CT molecular complexity index is 50.3. The third-order valence-corrected chi connectivity index (χ3v) is 1.21. The van der Waals surface area contributed by atoms with Gasteiger partial charge in [0.2, 0.25) is 0 Å². The van der Waals surface area contributed by atoms with Gasteiger partial charge in [0.15, 0.2) is 0 Å². The van der Waals surface area contributed by atoms with Crippen LogP contribution in [0.2, 0.25) is 0 Å². The molecule has 1 atom stereocenters. The van der Waals surface area contributed by atoms with Gasteiger partial charge in [0.05, 0.1) is 6.10 Å². The third kappa shape index (κ3) is 4.13. The lowest BCUT2D eigenvalue weighted by Gasteiger charge is -2.08. The first-order valence-electron chi connectivity index (χ1n) is 3.34. The standard InChI is InChI=1S/C7H16O/c1-4-7(8)5-6(2)3/h6-8H,4-5H2,1-3H3/t7-/m1/s1. The Labute approximate surface area is 51.7 Å². The average molecular weight is 116 g/mol. The summed E-state index contributed by atoms with van der Waals surface area (Å²) in [6.07, 6.45) is 1.75. The van der Waals surface area contributed by atoms with Crippen LogP contribution in [0, 0.1) is 5.92 Å². The summed E-state index contributed by atoms with van der Waals surface area (Å²) < 4.78 is 0. The van der Waals surface area contributed by atoms with Crippen molar-refractivity contribution in [3.05, 3.63) is 0 Å². The maximum atomic E-state index is 9.03. The van der Waals surface area contributed by atoms with Crippen LogP contribution in [0.15, 0.2) is 0 Å². The van der Waals surface area contributed by atoms with Crippen LogP contribution in [-0.4, -0.2) is 11.2 Å². The molecule has 1 heteroatoms. The summed E-state index contributed by atoms with van der Waals surface area (Å²) in [7, 11) is 0. The molecule has 8 heavy (non-hydrogen) atoms. The predicted molar refractivity (Wildman–Crippen MR) is 35.8 cm³/mol. The Hall–Kier alpha value is -0.0400. The molecule has 1 nitrogen and oxygen atoms in total. The quantitative estimate of drug-likeness (QED) is 0.596. The maximum Gasteiger partial charge on any atom is 0.0540 e. The van der Waals surface area contributed by atoms with Crippen molar-refractivity contribution in [3.8, 4) is 0 Å². The first kappa shape index (κ1) is 7.96. The van der Waals surface area contributed by atoms with Gasteiger partial charge in [-0.15, -0.1) is 0 Å². The second-order valence-electron chi connectivity index (χ2n) is 2.69. The summed E-state index contributed by atoms with van der Waals surface area (Å²) >= 11 is 0. The van der Waals surface area contributed by atoms with Gasteiger partial charge in [-0.05, 0) is 18.8 Å². The molecule has 0 aliphatic rings. The number of aliphatic hydroxyl groups excluding tert-OH is 1. The predicted octanol–water partition coefficient (Wildman–Crippen LogP) is 1.80. The highest BCUT2D eigenvalue weighted by molar-refractivity contribution is 4.54. The van der Waals surface area contributed by atoms with E-state index < -0.39 is 0 Å². The van der Waals surface area contributed by atoms with Gasteiger partial charge in [-0.25, -0.2) is 0 Å². The molecule has 0 bridgehead atoms. The van der Waals surface area contributed by atoms with Crippen LogP contribution < -0.4 is 0 Å². The average Bonchev–Trinajstić information content (AvgIpc) is 1.65. The fraction of sp³-hybridized carbons (Fsp3) is 1.00. The minimum atomic E-state index is -0.0741. The van der Waals surface area contributed by atoms with E-state index in [4.69, 9.17) is 5.11 Å². The second-order valence-corrected chi connectivity index (χ2v) is 2.69. The lowest BCUT2D eigenvalue weighted by Crippen LogP contribution is -2.07. The molecule has 1 N–H and O–H groups in total. The molecule has 0 spiro atoms. The number of aliphatic hydroxyl groups is 1. The minimum absolute atomic E-state index is 0.0741. The maximum absolute atomic E-state index is 9.03. The largest absolute Gasteiger partial charge is 0.393 e. The fourth-order valence-electron chi connectivity index (χ4n) is 0.711. The van der Waals surface area contributed by atoms with Crippen molar-refractivity contribution in [2.75, 3.05) is 0 Å². The normalized spacial score (nSPS) is 14.6. The molecule has 0 aromatic rings. The van der Waals surface area contributed by atoms with Gasteiger partial charge in [0.1, 0.15) is 0 Å². The highest BCUT2D eigenvalue weighted by Gasteiger charge is 2.01. The first-order valence-corrected chi connectivity index (χ1v) is 3.34. The van der Waals surface area contributed by atoms with E-state index in [2.05, 4.69) is 13.8 Å². The number of rotatable bonds is 3. The molecular formula is C7H16O. The Morgan fingerprint density at radius 2 is 1.88 bits per heavy atom. The summed E-state index contributed by atoms with van der Waals surface area (Å²) in [5.74, 6) is 0.630. The van der Waals surface area contributed by atoms with Crippen molar-refractivity contribution in [2.24, 2.45) is 5.92 Å². The second kappa shape index (κ2) is 3.90. The molecule has 0 amide bonds. The Kier molecular flexibility index (Phi) is 3.88. The fourth-order valence-corrected chi connectivity index (χ4v) is 0.711. The van der Waals surface area contributed by atoms with Gasteiger partial charge < -0.3 is 5.11 Å². The van der Waals surface area contributed by atoms with Crippen molar-refractivity contribution < 1.29 is 5.11 Å². The summed E-state index contributed by atoms with van der Waals surface area (Å²) in [5.41, 5.74) is 0. The van der Waals surface area contributed by atoms with E-state index in [0.717, 1.165) is 12.8 Å². The van der Waals surface area contributed by atoms with E-state index in [-0.39, 0.29) is 6.10 Å². The first-order chi connectivity index (χ1) is 3.66. The van der Waals surface area contributed by atoms with Crippen LogP contribution in [-0.2, 0) is 0 Å². The minimum Gasteiger partial charge on any atom is -0.393 e. The molecule has 0 aromatic heterocycles. The summed E-state index contributed by atoms with van der Waals surface area (Å²) in [6.45, 7) is 6.25. The molecule has 0 aliphatic heterocycles. The van der Waals surface area contributed by atoms with Crippen LogP contribution in [0.3, 0.4) is 0 Å². The Morgan fingerprint density at radius 3 is 2.00 bits per heavy atom. The molecule has 0 heterocycles. The lowest BCUT2D eigenvalue weighted by atomic mass is 10.0. The van der Waals surface area contributed by atoms with Gasteiger partial charge in [-0.2, -0.15) is 0 Å². The van der Waals surface area contributed by atoms with E-state index in [1.54, 1.807) is 0 Å². The smallest absolute Gasteiger partial charge is 0.0540 e. The SMILES string of the molecule is CC[C@@H](O)CC(C)C. The van der Waals surface area contributed by atoms with E-state index in [9.17, 15) is 0 Å². The molecule has 0 aromatic carbocycles. The van der Waals surface area contributed by atoms with E-state index in [1.807, 2.05) is 6.92 Å². The van der Waals surface area contributed by atoms with Crippen molar-refractivity contribution in [1.29, 1.82) is 0 Å². The van der Waals surface area contributed by atoms with Gasteiger partial charge in [-0.1, -0.05) is 20.8 Å². The van der Waals surface area contributed by atoms with E-state index in [1.165, 1.54) is 0 Å². The number of hydrogen-bond acceptors (Lipinski definition) is 1. The highest BCUT2D eigenvalue weighted by Crippen LogP contribution is 2.05. The molecule has 0 unspecified atom stereocenters. The highest BCUT2D eigenvalue weighted by atomic mass is 16.3. The molecule has 50 valence electrons. The monoisotopic (exact) mass is 116 g/mol. The van der Waals surface area contributed by atoms with Gasteiger partial charge in [0.25, 0.3) is 0 Å². The summed E-state index contributed by atoms with van der Waals surface area (Å²) in [5, 5.41) is 9.03. The molecule has 0 rings (SSSR count). The Morgan fingerprint density at radius 1 is 1.38 bits per heavy atom. The van der Waals surface area contributed by atoms with E-state index >= 15 is 0 Å². The van der Waals surface area contributed by atoms with Gasteiger partial charge >= 0.3 is 0 Å². The van der Waals surface area contributed by atoms with Crippen LogP contribution in [0.4, 0.5) is 0 Å². The zero-order valence-electron chi connectivity index (χ0n) is 6.02. The molecular weight excluding hydrogens is 100 g/mol. The zero-order chi connectivity index (χ0) is 6.57. The van der Waals surface area contributed by atoms with Gasteiger partial charge in [-0.3, -0.25) is 0 Å².